The van der Waals surface area contributed by atoms with E-state index in [4.69, 9.17) is 0 Å². The molecule has 1 aliphatic rings. The van der Waals surface area contributed by atoms with E-state index >= 15 is 0 Å². The summed E-state index contributed by atoms with van der Waals surface area (Å²) < 4.78 is 1.07. The van der Waals surface area contributed by atoms with Crippen LogP contribution < -0.4 is 10.6 Å². The molecular weight excluding hydrogens is 304 g/mol. The van der Waals surface area contributed by atoms with E-state index in [1.54, 1.807) is 0 Å². The van der Waals surface area contributed by atoms with E-state index < -0.39 is 0 Å². The summed E-state index contributed by atoms with van der Waals surface area (Å²) in [5.74, 6) is 0.763. The lowest BCUT2D eigenvalue weighted by Gasteiger charge is -2.22. The van der Waals surface area contributed by atoms with Crippen LogP contribution in [0, 0.1) is 5.92 Å². The number of halogens is 1. The molecule has 19 heavy (non-hydrogen) atoms. The van der Waals surface area contributed by atoms with Crippen LogP contribution in [0.25, 0.3) is 0 Å². The number of nitrogens with one attached hydrogen (secondary N) is 2. The van der Waals surface area contributed by atoms with Crippen LogP contribution >= 0.6 is 15.9 Å². The van der Waals surface area contributed by atoms with Gasteiger partial charge >= 0.3 is 0 Å². The maximum atomic E-state index is 11.8. The molecule has 0 aromatic heterocycles. The Morgan fingerprint density at radius 1 is 1.37 bits per heavy atom. The molecule has 0 radical (unpaired) electrons. The predicted molar refractivity (Wildman–Crippen MR) is 81.1 cm³/mol. The number of carbonyl (C=O) groups is 1. The fourth-order valence-corrected chi connectivity index (χ4v) is 2.62. The third kappa shape index (κ3) is 5.33. The summed E-state index contributed by atoms with van der Waals surface area (Å²) in [5, 5.41) is 6.41. The molecule has 1 saturated heterocycles. The van der Waals surface area contributed by atoms with E-state index in [0.29, 0.717) is 12.3 Å². The molecule has 104 valence electrons. The molecule has 1 fully saturated rings. The van der Waals surface area contributed by atoms with Gasteiger partial charge in [-0.05, 0) is 56.0 Å². The van der Waals surface area contributed by atoms with Crippen molar-refractivity contribution in [3.05, 3.63) is 34.3 Å². The van der Waals surface area contributed by atoms with Crippen molar-refractivity contribution in [1.82, 2.24) is 10.6 Å². The lowest BCUT2D eigenvalue weighted by atomic mass is 10.00. The number of piperidine rings is 1. The number of benzene rings is 1. The Kier molecular flexibility index (Phi) is 5.86. The van der Waals surface area contributed by atoms with E-state index in [1.807, 2.05) is 12.1 Å². The minimum Gasteiger partial charge on any atom is -0.356 e. The summed E-state index contributed by atoms with van der Waals surface area (Å²) in [6.07, 6.45) is 3.82. The highest BCUT2D eigenvalue weighted by atomic mass is 79.9. The molecule has 4 heteroatoms. The van der Waals surface area contributed by atoms with Crippen LogP contribution in [0.3, 0.4) is 0 Å². The van der Waals surface area contributed by atoms with Gasteiger partial charge in [-0.1, -0.05) is 28.1 Å². The molecule has 1 aliphatic heterocycles. The van der Waals surface area contributed by atoms with Gasteiger partial charge in [-0.2, -0.15) is 0 Å². The summed E-state index contributed by atoms with van der Waals surface area (Å²) in [7, 11) is 0. The number of carbonyl (C=O) groups excluding carboxylic acids is 1. The molecular formula is C15H21BrN2O. The van der Waals surface area contributed by atoms with Gasteiger partial charge in [-0.15, -0.1) is 0 Å². The van der Waals surface area contributed by atoms with Gasteiger partial charge in [0.15, 0.2) is 0 Å². The first-order chi connectivity index (χ1) is 9.24. The van der Waals surface area contributed by atoms with Crippen LogP contribution in [-0.2, 0) is 11.2 Å². The number of rotatable bonds is 5. The van der Waals surface area contributed by atoms with Gasteiger partial charge in [0, 0.05) is 17.4 Å². The minimum absolute atomic E-state index is 0.161. The van der Waals surface area contributed by atoms with Gasteiger partial charge in [0.05, 0.1) is 0 Å². The zero-order valence-corrected chi connectivity index (χ0v) is 12.7. The van der Waals surface area contributed by atoms with E-state index in [9.17, 15) is 4.79 Å². The van der Waals surface area contributed by atoms with Crippen LogP contribution in [0.1, 0.15) is 24.8 Å². The number of amides is 1. The van der Waals surface area contributed by atoms with Crippen molar-refractivity contribution < 1.29 is 4.79 Å². The first-order valence-corrected chi connectivity index (χ1v) is 7.75. The van der Waals surface area contributed by atoms with Crippen LogP contribution in [0.15, 0.2) is 28.7 Å². The van der Waals surface area contributed by atoms with Crippen LogP contribution in [0.4, 0.5) is 0 Å². The molecule has 2 rings (SSSR count). The summed E-state index contributed by atoms with van der Waals surface area (Å²) in [4.78, 5) is 11.8. The molecule has 0 bridgehead atoms. The second-order valence-corrected chi connectivity index (χ2v) is 6.06. The highest BCUT2D eigenvalue weighted by Crippen LogP contribution is 2.12. The molecule has 1 heterocycles. The standard InChI is InChI=1S/C15H21BrN2O/c16-14-6-3-12(4-7-14)5-8-15(19)18-11-13-2-1-9-17-10-13/h3-4,6-7,13,17H,1-2,5,8-11H2,(H,18,19). The first-order valence-electron chi connectivity index (χ1n) is 6.96. The fraction of sp³-hybridized carbons (Fsp3) is 0.533. The molecule has 0 saturated carbocycles. The topological polar surface area (TPSA) is 41.1 Å². The third-order valence-electron chi connectivity index (χ3n) is 3.54. The van der Waals surface area contributed by atoms with E-state index in [2.05, 4.69) is 38.7 Å². The predicted octanol–water partition coefficient (Wildman–Crippen LogP) is 2.50. The average Bonchev–Trinajstić information content (AvgIpc) is 2.45. The van der Waals surface area contributed by atoms with Gasteiger partial charge < -0.3 is 10.6 Å². The summed E-state index contributed by atoms with van der Waals surface area (Å²) in [5.41, 5.74) is 1.21. The molecule has 0 spiro atoms. The van der Waals surface area contributed by atoms with Crippen molar-refractivity contribution in [1.29, 1.82) is 0 Å². The van der Waals surface area contributed by atoms with E-state index in [-0.39, 0.29) is 5.91 Å². The monoisotopic (exact) mass is 324 g/mol. The molecule has 1 aromatic rings. The molecule has 2 N–H and O–H groups in total. The Hall–Kier alpha value is -0.870. The minimum atomic E-state index is 0.161. The number of hydrogen-bond donors (Lipinski definition) is 2. The zero-order chi connectivity index (χ0) is 13.5. The SMILES string of the molecule is O=C(CCc1ccc(Br)cc1)NCC1CCCNC1. The summed E-state index contributed by atoms with van der Waals surface area (Å²) in [6.45, 7) is 2.97. The van der Waals surface area contributed by atoms with E-state index in [1.165, 1.54) is 18.4 Å². The van der Waals surface area contributed by atoms with Gasteiger partial charge in [0.25, 0.3) is 0 Å². The number of hydrogen-bond acceptors (Lipinski definition) is 2. The summed E-state index contributed by atoms with van der Waals surface area (Å²) in [6, 6.07) is 8.15. The van der Waals surface area contributed by atoms with Crippen molar-refractivity contribution in [2.24, 2.45) is 5.92 Å². The van der Waals surface area contributed by atoms with Crippen molar-refractivity contribution in [2.75, 3.05) is 19.6 Å². The van der Waals surface area contributed by atoms with Gasteiger partial charge in [0.1, 0.15) is 0 Å². The Balaban J connectivity index is 1.65. The normalized spacial score (nSPS) is 19.1. The second-order valence-electron chi connectivity index (χ2n) is 5.14. The molecule has 1 amide bonds. The van der Waals surface area contributed by atoms with Gasteiger partial charge in [-0.3, -0.25) is 4.79 Å². The second kappa shape index (κ2) is 7.65. The van der Waals surface area contributed by atoms with Crippen molar-refractivity contribution >= 4 is 21.8 Å². The molecule has 1 aromatic carbocycles. The highest BCUT2D eigenvalue weighted by Gasteiger charge is 2.13. The third-order valence-corrected chi connectivity index (χ3v) is 4.07. The largest absolute Gasteiger partial charge is 0.356 e. The first kappa shape index (κ1) is 14.5. The zero-order valence-electron chi connectivity index (χ0n) is 11.1. The Morgan fingerprint density at radius 3 is 2.84 bits per heavy atom. The lowest BCUT2D eigenvalue weighted by molar-refractivity contribution is -0.121. The molecule has 0 aliphatic carbocycles. The molecule has 1 unspecified atom stereocenters. The average molecular weight is 325 g/mol. The van der Waals surface area contributed by atoms with Crippen LogP contribution in [-0.4, -0.2) is 25.5 Å². The maximum absolute atomic E-state index is 11.8. The molecule has 3 nitrogen and oxygen atoms in total. The van der Waals surface area contributed by atoms with Gasteiger partial charge in [0.2, 0.25) is 5.91 Å². The lowest BCUT2D eigenvalue weighted by Crippen LogP contribution is -2.38. The number of aryl methyl sites for hydroxylation is 1. The Morgan fingerprint density at radius 2 is 2.16 bits per heavy atom. The van der Waals surface area contributed by atoms with E-state index in [0.717, 1.165) is 30.5 Å². The molecule has 1 atom stereocenters. The Bertz CT molecular complexity index is 399. The van der Waals surface area contributed by atoms with Crippen LogP contribution in [0.2, 0.25) is 0 Å². The quantitative estimate of drug-likeness (QED) is 0.873. The van der Waals surface area contributed by atoms with Crippen molar-refractivity contribution in [2.45, 2.75) is 25.7 Å². The Labute approximate surface area is 123 Å². The van der Waals surface area contributed by atoms with Crippen LogP contribution in [0.5, 0.6) is 0 Å². The summed E-state index contributed by atoms with van der Waals surface area (Å²) >= 11 is 3.41. The van der Waals surface area contributed by atoms with Crippen molar-refractivity contribution in [3.8, 4) is 0 Å². The van der Waals surface area contributed by atoms with Crippen molar-refractivity contribution in [3.63, 3.8) is 0 Å². The smallest absolute Gasteiger partial charge is 0.220 e. The van der Waals surface area contributed by atoms with Gasteiger partial charge in [-0.25, -0.2) is 0 Å². The maximum Gasteiger partial charge on any atom is 0.220 e. The highest BCUT2D eigenvalue weighted by molar-refractivity contribution is 9.10. The fourth-order valence-electron chi connectivity index (χ4n) is 2.35.